The Morgan fingerprint density at radius 1 is 1.21 bits per heavy atom. The number of unbranched alkanes of at least 4 members (excludes halogenated alkanes) is 1. The van der Waals surface area contributed by atoms with Crippen LogP contribution in [0.4, 0.5) is 0 Å². The van der Waals surface area contributed by atoms with E-state index in [1.165, 1.54) is 0 Å². The quantitative estimate of drug-likeness (QED) is 0.505. The van der Waals surface area contributed by atoms with E-state index in [0.717, 1.165) is 24.8 Å². The summed E-state index contributed by atoms with van der Waals surface area (Å²) in [5.74, 6) is -0.340. The molecule has 0 bridgehead atoms. The summed E-state index contributed by atoms with van der Waals surface area (Å²) in [6.45, 7) is 0.701. The van der Waals surface area contributed by atoms with Gasteiger partial charge in [-0.05, 0) is 13.0 Å². The molecule has 0 spiro atoms. The second kappa shape index (κ2) is 10.6. The van der Waals surface area contributed by atoms with Crippen molar-refractivity contribution in [1.82, 2.24) is 0 Å². The number of carbonyl (C=O) groups is 1. The third kappa shape index (κ3) is 6.97. The second-order valence-corrected chi connectivity index (χ2v) is 4.04. The molecule has 0 saturated carbocycles. The summed E-state index contributed by atoms with van der Waals surface area (Å²) in [5.41, 5.74) is 12.3. The molecule has 0 saturated heterocycles. The fourth-order valence-electron chi connectivity index (χ4n) is 1.70. The molecule has 0 aromatic heterocycles. The number of rotatable bonds is 5. The Bertz CT molecular complexity index is 417. The molecule has 0 aliphatic rings. The minimum absolute atomic E-state index is 0. The minimum atomic E-state index is -0.340. The monoisotopic (exact) mass is 300 g/mol. The molecule has 2 rings (SSSR count). The van der Waals surface area contributed by atoms with Crippen LogP contribution in [0.2, 0.25) is 0 Å². The van der Waals surface area contributed by atoms with Crippen molar-refractivity contribution < 1.29 is 21.9 Å². The molecule has 0 aliphatic heterocycles. The van der Waals surface area contributed by atoms with Crippen molar-refractivity contribution in [3.05, 3.63) is 59.7 Å². The van der Waals surface area contributed by atoms with Crippen molar-refractivity contribution in [3.63, 3.8) is 0 Å². The van der Waals surface area contributed by atoms with Crippen LogP contribution in [0.3, 0.4) is 0 Å². The molecule has 3 nitrogen and oxygen atoms in total. The first-order valence-corrected chi connectivity index (χ1v) is 6.17. The summed E-state index contributed by atoms with van der Waals surface area (Å²) in [7, 11) is 0. The molecule has 104 valence electrons. The SMILES string of the molecule is NCCCCc1ccc[c-]1C(N)=O.[Fe+2].c1cc[cH-]c1. The number of amides is 1. The van der Waals surface area contributed by atoms with E-state index in [1.807, 2.05) is 42.5 Å². The summed E-state index contributed by atoms with van der Waals surface area (Å²) < 4.78 is 0. The molecule has 0 radical (unpaired) electrons. The van der Waals surface area contributed by atoms with Crippen LogP contribution >= 0.6 is 0 Å². The molecule has 0 atom stereocenters. The fourth-order valence-corrected chi connectivity index (χ4v) is 1.70. The molecular formula is C15H20FeN2O. The first kappa shape index (κ1) is 17.6. The van der Waals surface area contributed by atoms with E-state index < -0.39 is 0 Å². The topological polar surface area (TPSA) is 69.1 Å². The summed E-state index contributed by atoms with van der Waals surface area (Å²) in [4.78, 5) is 10.9. The largest absolute Gasteiger partial charge is 2.00 e. The van der Waals surface area contributed by atoms with Crippen LogP contribution in [0.5, 0.6) is 0 Å². The van der Waals surface area contributed by atoms with Gasteiger partial charge in [-0.15, -0.1) is 0 Å². The van der Waals surface area contributed by atoms with Gasteiger partial charge in [0.2, 0.25) is 0 Å². The van der Waals surface area contributed by atoms with Crippen molar-refractivity contribution in [3.8, 4) is 0 Å². The van der Waals surface area contributed by atoms with E-state index in [4.69, 9.17) is 11.5 Å². The van der Waals surface area contributed by atoms with Gasteiger partial charge in [0, 0.05) is 0 Å². The maximum Gasteiger partial charge on any atom is 2.00 e. The number of primary amides is 1. The smallest absolute Gasteiger partial charge is 0.376 e. The average molecular weight is 300 g/mol. The van der Waals surface area contributed by atoms with E-state index in [0.29, 0.717) is 12.1 Å². The Morgan fingerprint density at radius 2 is 1.89 bits per heavy atom. The number of hydrogen-bond donors (Lipinski definition) is 2. The summed E-state index contributed by atoms with van der Waals surface area (Å²) >= 11 is 0. The van der Waals surface area contributed by atoms with Gasteiger partial charge in [-0.25, -0.2) is 24.3 Å². The van der Waals surface area contributed by atoms with Crippen LogP contribution in [-0.4, -0.2) is 12.5 Å². The van der Waals surface area contributed by atoms with Crippen molar-refractivity contribution in [2.24, 2.45) is 11.5 Å². The van der Waals surface area contributed by atoms with Gasteiger partial charge >= 0.3 is 17.1 Å². The number of aryl methyl sites for hydroxylation is 1. The third-order valence-electron chi connectivity index (χ3n) is 2.63. The van der Waals surface area contributed by atoms with Gasteiger partial charge in [0.25, 0.3) is 0 Å². The number of hydrogen-bond acceptors (Lipinski definition) is 2. The molecular weight excluding hydrogens is 280 g/mol. The van der Waals surface area contributed by atoms with Crippen LogP contribution in [0.25, 0.3) is 0 Å². The molecule has 2 aromatic carbocycles. The molecule has 0 unspecified atom stereocenters. The van der Waals surface area contributed by atoms with Gasteiger partial charge in [-0.3, -0.25) is 4.79 Å². The maximum absolute atomic E-state index is 10.9. The van der Waals surface area contributed by atoms with E-state index in [2.05, 4.69) is 0 Å². The van der Waals surface area contributed by atoms with Crippen LogP contribution in [0.15, 0.2) is 48.5 Å². The molecule has 0 fully saturated rings. The summed E-state index contributed by atoms with van der Waals surface area (Å²) in [6, 6.07) is 15.6. The summed E-state index contributed by atoms with van der Waals surface area (Å²) in [5, 5.41) is 0. The Kier molecular flexibility index (Phi) is 9.81. The van der Waals surface area contributed by atoms with Crippen LogP contribution < -0.4 is 11.5 Å². The zero-order valence-electron chi connectivity index (χ0n) is 10.9. The molecule has 4 heteroatoms. The van der Waals surface area contributed by atoms with Crippen LogP contribution in [-0.2, 0) is 23.5 Å². The minimum Gasteiger partial charge on any atom is -0.376 e. The predicted molar refractivity (Wildman–Crippen MR) is 74.6 cm³/mol. The normalized spacial score (nSPS) is 9.11. The number of nitrogens with two attached hydrogens (primary N) is 2. The van der Waals surface area contributed by atoms with Crippen LogP contribution in [0.1, 0.15) is 28.8 Å². The number of carbonyl (C=O) groups excluding carboxylic acids is 1. The summed E-state index contributed by atoms with van der Waals surface area (Å²) in [6.07, 6.45) is 2.90. The van der Waals surface area contributed by atoms with Crippen molar-refractivity contribution in [1.29, 1.82) is 0 Å². The third-order valence-corrected chi connectivity index (χ3v) is 2.63. The van der Waals surface area contributed by atoms with Gasteiger partial charge in [0.15, 0.2) is 5.91 Å². The van der Waals surface area contributed by atoms with E-state index in [-0.39, 0.29) is 23.0 Å². The molecule has 1 amide bonds. The van der Waals surface area contributed by atoms with Crippen molar-refractivity contribution in [2.45, 2.75) is 19.3 Å². The second-order valence-electron chi connectivity index (χ2n) is 4.04. The Morgan fingerprint density at radius 3 is 2.37 bits per heavy atom. The van der Waals surface area contributed by atoms with E-state index in [9.17, 15) is 4.79 Å². The maximum atomic E-state index is 10.9. The van der Waals surface area contributed by atoms with E-state index >= 15 is 0 Å². The zero-order chi connectivity index (χ0) is 13.2. The molecule has 4 N–H and O–H groups in total. The van der Waals surface area contributed by atoms with Gasteiger partial charge in [-0.2, -0.15) is 29.8 Å². The fraction of sp³-hybridized carbons (Fsp3) is 0.267. The molecule has 0 heterocycles. The first-order chi connectivity index (χ1) is 8.75. The van der Waals surface area contributed by atoms with Crippen molar-refractivity contribution >= 4 is 5.91 Å². The van der Waals surface area contributed by atoms with Gasteiger partial charge in [0.1, 0.15) is 0 Å². The first-order valence-electron chi connectivity index (χ1n) is 6.17. The zero-order valence-corrected chi connectivity index (χ0v) is 12.0. The molecule has 19 heavy (non-hydrogen) atoms. The Hall–Kier alpha value is -1.35. The van der Waals surface area contributed by atoms with Crippen LogP contribution in [0, 0.1) is 0 Å². The molecule has 0 aliphatic carbocycles. The van der Waals surface area contributed by atoms with Crippen molar-refractivity contribution in [2.75, 3.05) is 6.54 Å². The van der Waals surface area contributed by atoms with Gasteiger partial charge < -0.3 is 11.5 Å². The Labute approximate surface area is 125 Å². The van der Waals surface area contributed by atoms with Gasteiger partial charge in [-0.1, -0.05) is 18.4 Å². The van der Waals surface area contributed by atoms with E-state index in [1.54, 1.807) is 6.07 Å². The average Bonchev–Trinajstić information content (AvgIpc) is 3.03. The predicted octanol–water partition coefficient (Wildman–Crippen LogP) is 2.19. The molecule has 2 aromatic rings. The standard InChI is InChI=1S/C10H15N2O.C5H5.Fe/c11-7-2-1-4-8-5-3-6-9(8)10(12)13;1-2-4-5-3-1;/h3,5-6H,1-2,4,7,11H2,(H2,12,13);1-5H;/q2*-1;+2. The Balaban J connectivity index is 0.000000454. The van der Waals surface area contributed by atoms with Gasteiger partial charge in [0.05, 0.1) is 0 Å².